The highest BCUT2D eigenvalue weighted by Crippen LogP contribution is 2.34. The molecule has 0 saturated carbocycles. The van der Waals surface area contributed by atoms with Crippen molar-refractivity contribution in [3.8, 4) is 11.3 Å². The molecule has 2 aromatic heterocycles. The van der Waals surface area contributed by atoms with E-state index < -0.39 is 34.9 Å². The van der Waals surface area contributed by atoms with Crippen LogP contribution in [0, 0.1) is 5.82 Å². The highest BCUT2D eigenvalue weighted by Gasteiger charge is 2.36. The van der Waals surface area contributed by atoms with Gasteiger partial charge in [0.2, 0.25) is 5.78 Å². The highest BCUT2D eigenvalue weighted by molar-refractivity contribution is 6.09. The molecule has 0 aliphatic carbocycles. The van der Waals surface area contributed by atoms with Gasteiger partial charge in [-0.15, -0.1) is 0 Å². The van der Waals surface area contributed by atoms with Gasteiger partial charge in [0.05, 0.1) is 22.3 Å². The number of rotatable bonds is 4. The van der Waals surface area contributed by atoms with E-state index in [1.54, 1.807) is 12.1 Å². The molecule has 0 atom stereocenters. The minimum Gasteiger partial charge on any atom is -0.478 e. The molecule has 0 aliphatic heterocycles. The fourth-order valence-corrected chi connectivity index (χ4v) is 3.29. The summed E-state index contributed by atoms with van der Waals surface area (Å²) in [7, 11) is 0. The average Bonchev–Trinajstić information content (AvgIpc) is 3.12. The fraction of sp³-hybridized carbons (Fsp3) is 0.0455. The smallest absolute Gasteiger partial charge is 0.417 e. The van der Waals surface area contributed by atoms with Crippen molar-refractivity contribution in [2.45, 2.75) is 6.18 Å². The van der Waals surface area contributed by atoms with E-state index in [9.17, 15) is 27.2 Å². The second-order valence-electron chi connectivity index (χ2n) is 6.61. The van der Waals surface area contributed by atoms with Crippen molar-refractivity contribution in [2.75, 3.05) is 0 Å². The third-order valence-corrected chi connectivity index (χ3v) is 4.70. The molecule has 4 rings (SSSR count). The summed E-state index contributed by atoms with van der Waals surface area (Å²) in [5.41, 5.74) is -1.78. The molecule has 2 heterocycles. The Bertz CT molecular complexity index is 1340. The largest absolute Gasteiger partial charge is 0.478 e. The zero-order valence-electron chi connectivity index (χ0n) is 15.5. The number of alkyl halides is 3. The minimum atomic E-state index is -4.75. The maximum Gasteiger partial charge on any atom is 0.417 e. The van der Waals surface area contributed by atoms with Crippen LogP contribution in [0.5, 0.6) is 0 Å². The molecule has 0 bridgehead atoms. The van der Waals surface area contributed by atoms with Crippen molar-refractivity contribution in [2.24, 2.45) is 0 Å². The van der Waals surface area contributed by atoms with Crippen LogP contribution >= 0.6 is 0 Å². The van der Waals surface area contributed by atoms with Crippen LogP contribution in [0.1, 0.15) is 32.1 Å². The maximum absolute atomic E-state index is 14.6. The van der Waals surface area contributed by atoms with Crippen molar-refractivity contribution >= 4 is 17.3 Å². The number of fused-ring (bicyclic) bond motifs is 1. The molecular formula is C22H12F4N2O3. The molecule has 0 unspecified atom stereocenters. The van der Waals surface area contributed by atoms with E-state index in [0.29, 0.717) is 0 Å². The van der Waals surface area contributed by atoms with E-state index in [1.807, 2.05) is 0 Å². The van der Waals surface area contributed by atoms with E-state index in [1.165, 1.54) is 40.9 Å². The van der Waals surface area contributed by atoms with E-state index in [0.717, 1.165) is 18.2 Å². The molecule has 0 fully saturated rings. The first-order valence-electron chi connectivity index (χ1n) is 8.89. The molecular weight excluding hydrogens is 416 g/mol. The van der Waals surface area contributed by atoms with Gasteiger partial charge < -0.3 is 5.11 Å². The van der Waals surface area contributed by atoms with Crippen molar-refractivity contribution in [1.82, 2.24) is 9.38 Å². The quantitative estimate of drug-likeness (QED) is 0.363. The standard InChI is InChI=1S/C22H12F4N2O3/c23-16-11-12(21(30)31)8-9-14(16)18-17-7-3-4-10-28(17)20(27-18)19(29)13-5-1-2-6-15(13)22(24,25)26/h1-11H,(H,30,31). The molecule has 4 aromatic rings. The first-order chi connectivity index (χ1) is 14.7. The lowest BCUT2D eigenvalue weighted by atomic mass is 10.0. The van der Waals surface area contributed by atoms with Gasteiger partial charge >= 0.3 is 12.1 Å². The van der Waals surface area contributed by atoms with Gasteiger partial charge in [-0.25, -0.2) is 14.2 Å². The van der Waals surface area contributed by atoms with Crippen LogP contribution in [0.4, 0.5) is 17.6 Å². The number of halogens is 4. The average molecular weight is 428 g/mol. The number of ketones is 1. The summed E-state index contributed by atoms with van der Waals surface area (Å²) in [4.78, 5) is 28.3. The number of imidazole rings is 1. The fourth-order valence-electron chi connectivity index (χ4n) is 3.29. The van der Waals surface area contributed by atoms with Gasteiger partial charge in [-0.1, -0.05) is 24.3 Å². The summed E-state index contributed by atoms with van der Waals surface area (Å²) in [5, 5.41) is 9.01. The summed E-state index contributed by atoms with van der Waals surface area (Å²) in [6.07, 6.45) is -3.32. The topological polar surface area (TPSA) is 71.7 Å². The zero-order valence-corrected chi connectivity index (χ0v) is 15.5. The normalized spacial score (nSPS) is 11.6. The van der Waals surface area contributed by atoms with Gasteiger partial charge in [0.1, 0.15) is 5.82 Å². The minimum absolute atomic E-state index is 0.00267. The van der Waals surface area contributed by atoms with E-state index >= 15 is 0 Å². The second-order valence-corrected chi connectivity index (χ2v) is 6.61. The number of nitrogens with zero attached hydrogens (tertiary/aromatic N) is 2. The number of carboxylic acids is 1. The van der Waals surface area contributed by atoms with Crippen LogP contribution in [0.25, 0.3) is 16.8 Å². The SMILES string of the molecule is O=C(O)c1ccc(-c2nc(C(=O)c3ccccc3C(F)(F)F)n3ccccc23)c(F)c1. The van der Waals surface area contributed by atoms with Gasteiger partial charge in [-0.05, 0) is 36.4 Å². The van der Waals surface area contributed by atoms with Crippen molar-refractivity contribution in [3.63, 3.8) is 0 Å². The predicted molar refractivity (Wildman–Crippen MR) is 102 cm³/mol. The van der Waals surface area contributed by atoms with Crippen LogP contribution in [-0.4, -0.2) is 26.2 Å². The number of aromatic nitrogens is 2. The molecule has 0 aliphatic rings. The van der Waals surface area contributed by atoms with Crippen molar-refractivity contribution < 1.29 is 32.3 Å². The number of benzene rings is 2. The first-order valence-corrected chi connectivity index (χ1v) is 8.89. The molecule has 1 N–H and O–H groups in total. The molecule has 0 radical (unpaired) electrons. The van der Waals surface area contributed by atoms with Gasteiger partial charge in [0, 0.05) is 17.3 Å². The Morgan fingerprint density at radius 2 is 1.68 bits per heavy atom. The van der Waals surface area contributed by atoms with Crippen LogP contribution in [0.2, 0.25) is 0 Å². The Balaban J connectivity index is 1.92. The van der Waals surface area contributed by atoms with Gasteiger partial charge in [0.15, 0.2) is 5.82 Å². The summed E-state index contributed by atoms with van der Waals surface area (Å²) in [6.45, 7) is 0. The Morgan fingerprint density at radius 3 is 2.35 bits per heavy atom. The lowest BCUT2D eigenvalue weighted by molar-refractivity contribution is -0.137. The first kappa shape index (κ1) is 20.3. The maximum atomic E-state index is 14.6. The lowest BCUT2D eigenvalue weighted by Crippen LogP contribution is -2.15. The van der Waals surface area contributed by atoms with Crippen LogP contribution in [-0.2, 0) is 6.18 Å². The third kappa shape index (κ3) is 3.54. The second kappa shape index (κ2) is 7.35. The number of aromatic carboxylic acids is 1. The summed E-state index contributed by atoms with van der Waals surface area (Å²) < 4.78 is 56.1. The molecule has 156 valence electrons. The van der Waals surface area contributed by atoms with Crippen LogP contribution < -0.4 is 0 Å². The van der Waals surface area contributed by atoms with Crippen molar-refractivity contribution in [1.29, 1.82) is 0 Å². The van der Waals surface area contributed by atoms with E-state index in [4.69, 9.17) is 5.11 Å². The Labute approximate surface area is 172 Å². The monoisotopic (exact) mass is 428 g/mol. The molecule has 9 heteroatoms. The summed E-state index contributed by atoms with van der Waals surface area (Å²) in [6, 6.07) is 12.2. The Kier molecular flexibility index (Phi) is 4.81. The number of carbonyl (C=O) groups excluding carboxylic acids is 1. The summed E-state index contributed by atoms with van der Waals surface area (Å²) >= 11 is 0. The molecule has 0 saturated heterocycles. The van der Waals surface area contributed by atoms with Gasteiger partial charge in [-0.2, -0.15) is 13.2 Å². The molecule has 5 nitrogen and oxygen atoms in total. The molecule has 0 amide bonds. The van der Waals surface area contributed by atoms with Crippen molar-refractivity contribution in [3.05, 3.63) is 95.2 Å². The predicted octanol–water partition coefficient (Wildman–Crippen LogP) is 5.09. The van der Waals surface area contributed by atoms with Crippen LogP contribution in [0.15, 0.2) is 66.9 Å². The molecule has 31 heavy (non-hydrogen) atoms. The van der Waals surface area contributed by atoms with Crippen LogP contribution in [0.3, 0.4) is 0 Å². The summed E-state index contributed by atoms with van der Waals surface area (Å²) in [5.74, 6) is -3.52. The Hall–Kier alpha value is -4.01. The zero-order chi connectivity index (χ0) is 22.3. The number of hydrogen-bond donors (Lipinski definition) is 1. The number of carbonyl (C=O) groups is 2. The highest BCUT2D eigenvalue weighted by atomic mass is 19.4. The Morgan fingerprint density at radius 1 is 0.968 bits per heavy atom. The van der Waals surface area contributed by atoms with E-state index in [-0.39, 0.29) is 28.2 Å². The third-order valence-electron chi connectivity index (χ3n) is 4.70. The number of hydrogen-bond acceptors (Lipinski definition) is 3. The molecule has 0 spiro atoms. The number of carboxylic acid groups (broad SMARTS) is 1. The lowest BCUT2D eigenvalue weighted by Gasteiger charge is -2.11. The number of pyridine rings is 1. The van der Waals surface area contributed by atoms with Gasteiger partial charge in [-0.3, -0.25) is 9.20 Å². The molecule has 2 aromatic carbocycles. The van der Waals surface area contributed by atoms with E-state index in [2.05, 4.69) is 4.98 Å². The van der Waals surface area contributed by atoms with Gasteiger partial charge in [0.25, 0.3) is 0 Å².